The Kier molecular flexibility index (Phi) is 4.39. The molecule has 29 heavy (non-hydrogen) atoms. The molecule has 1 aliphatic rings. The molecule has 0 radical (unpaired) electrons. The molecule has 1 fully saturated rings. The van der Waals surface area contributed by atoms with Gasteiger partial charge in [0, 0.05) is 29.4 Å². The third-order valence-corrected chi connectivity index (χ3v) is 5.74. The largest absolute Gasteiger partial charge is 0.354 e. The highest BCUT2D eigenvalue weighted by atomic mass is 19.1. The molecule has 1 unspecified atom stereocenters. The minimum Gasteiger partial charge on any atom is -0.354 e. The number of amides is 1. The van der Waals surface area contributed by atoms with Crippen molar-refractivity contribution < 1.29 is 9.18 Å². The first-order chi connectivity index (χ1) is 14.2. The normalized spacial score (nSPS) is 16.7. The summed E-state index contributed by atoms with van der Waals surface area (Å²) in [5, 5.41) is 1.12. The van der Waals surface area contributed by atoms with Gasteiger partial charge in [0.25, 0.3) is 0 Å². The number of nitrogens with one attached hydrogen (secondary N) is 1. The smallest absolute Gasteiger partial charge is 0.223 e. The van der Waals surface area contributed by atoms with E-state index < -0.39 is 0 Å². The van der Waals surface area contributed by atoms with Crippen molar-refractivity contribution >= 4 is 16.8 Å². The number of halogens is 1. The average Bonchev–Trinajstić information content (AvgIpc) is 3.30. The maximum atomic E-state index is 13.5. The number of carbonyl (C=O) groups is 1. The third kappa shape index (κ3) is 3.21. The molecule has 1 aliphatic heterocycles. The number of benzene rings is 3. The van der Waals surface area contributed by atoms with Crippen LogP contribution in [0.15, 0.2) is 78.9 Å². The second kappa shape index (κ2) is 7.21. The highest BCUT2D eigenvalue weighted by Gasteiger charge is 2.35. The number of carbonyl (C=O) groups excluding carboxylic acids is 1. The molecule has 4 heteroatoms. The fraction of sp³-hybridized carbons (Fsp3) is 0.160. The predicted octanol–water partition coefficient (Wildman–Crippen LogP) is 5.84. The first kappa shape index (κ1) is 17.7. The van der Waals surface area contributed by atoms with Crippen LogP contribution in [0.5, 0.6) is 0 Å². The molecular formula is C25H21FN2O. The van der Waals surface area contributed by atoms with Crippen molar-refractivity contribution in [2.24, 2.45) is 0 Å². The van der Waals surface area contributed by atoms with Gasteiger partial charge >= 0.3 is 0 Å². The average molecular weight is 384 g/mol. The Labute approximate surface area is 168 Å². The molecule has 0 bridgehead atoms. The summed E-state index contributed by atoms with van der Waals surface area (Å²) in [6.07, 6.45) is 1.32. The molecule has 144 valence electrons. The van der Waals surface area contributed by atoms with Crippen molar-refractivity contribution in [1.82, 2.24) is 9.88 Å². The van der Waals surface area contributed by atoms with E-state index in [0.29, 0.717) is 13.0 Å². The van der Waals surface area contributed by atoms with E-state index in [4.69, 9.17) is 0 Å². The number of hydrogen-bond acceptors (Lipinski definition) is 1. The molecule has 1 amide bonds. The Hall–Kier alpha value is -3.40. The van der Waals surface area contributed by atoms with Gasteiger partial charge in [-0.25, -0.2) is 4.39 Å². The molecule has 3 nitrogen and oxygen atoms in total. The molecule has 4 aromatic rings. The van der Waals surface area contributed by atoms with Gasteiger partial charge in [0.05, 0.1) is 11.7 Å². The van der Waals surface area contributed by atoms with Crippen molar-refractivity contribution in [3.8, 4) is 11.3 Å². The van der Waals surface area contributed by atoms with Crippen LogP contribution in [0.2, 0.25) is 0 Å². The maximum Gasteiger partial charge on any atom is 0.223 e. The SMILES string of the molecule is O=C1CCC(c2c(-c3ccc(F)cc3)[nH]c3ccccc23)N1Cc1ccccc1. The van der Waals surface area contributed by atoms with Gasteiger partial charge in [-0.1, -0.05) is 48.5 Å². The van der Waals surface area contributed by atoms with Crippen molar-refractivity contribution in [3.05, 3.63) is 95.8 Å². The molecule has 1 aromatic heterocycles. The lowest BCUT2D eigenvalue weighted by Crippen LogP contribution is -2.27. The number of fused-ring (bicyclic) bond motifs is 1. The van der Waals surface area contributed by atoms with Crippen LogP contribution in [0.1, 0.15) is 30.0 Å². The first-order valence-electron chi connectivity index (χ1n) is 9.90. The van der Waals surface area contributed by atoms with Gasteiger partial charge in [0.2, 0.25) is 5.91 Å². The molecule has 0 aliphatic carbocycles. The summed E-state index contributed by atoms with van der Waals surface area (Å²) in [6, 6.07) is 24.8. The monoisotopic (exact) mass is 384 g/mol. The quantitative estimate of drug-likeness (QED) is 0.472. The summed E-state index contributed by atoms with van der Waals surface area (Å²) >= 11 is 0. The Balaban J connectivity index is 1.64. The van der Waals surface area contributed by atoms with Gasteiger partial charge < -0.3 is 9.88 Å². The topological polar surface area (TPSA) is 36.1 Å². The number of aromatic nitrogens is 1. The second-order valence-corrected chi connectivity index (χ2v) is 7.53. The Morgan fingerprint density at radius 3 is 2.45 bits per heavy atom. The van der Waals surface area contributed by atoms with Gasteiger partial charge in [0.15, 0.2) is 0 Å². The lowest BCUT2D eigenvalue weighted by atomic mass is 9.97. The van der Waals surface area contributed by atoms with Crippen LogP contribution in [0.25, 0.3) is 22.2 Å². The molecular weight excluding hydrogens is 363 g/mol. The van der Waals surface area contributed by atoms with Gasteiger partial charge in [0.1, 0.15) is 5.82 Å². The standard InChI is InChI=1S/C25H21FN2O/c26-19-12-10-18(11-13-19)25-24(20-8-4-5-9-21(20)27-25)22-14-15-23(29)28(22)16-17-6-2-1-3-7-17/h1-13,22,27H,14-16H2. The summed E-state index contributed by atoms with van der Waals surface area (Å²) < 4.78 is 13.5. The lowest BCUT2D eigenvalue weighted by Gasteiger charge is -2.26. The van der Waals surface area contributed by atoms with E-state index in [9.17, 15) is 9.18 Å². The summed E-state index contributed by atoms with van der Waals surface area (Å²) in [5.41, 5.74) is 5.16. The fourth-order valence-corrected chi connectivity index (χ4v) is 4.37. The Bertz CT molecular complexity index is 1160. The Morgan fingerprint density at radius 2 is 1.66 bits per heavy atom. The lowest BCUT2D eigenvalue weighted by molar-refractivity contribution is -0.129. The zero-order valence-corrected chi connectivity index (χ0v) is 15.9. The minimum absolute atomic E-state index is 0.0149. The van der Waals surface area contributed by atoms with E-state index in [-0.39, 0.29) is 17.8 Å². The van der Waals surface area contributed by atoms with Crippen molar-refractivity contribution in [3.63, 3.8) is 0 Å². The zero-order chi connectivity index (χ0) is 19.8. The van der Waals surface area contributed by atoms with Crippen LogP contribution >= 0.6 is 0 Å². The number of hydrogen-bond donors (Lipinski definition) is 1. The summed E-state index contributed by atoms with van der Waals surface area (Å²) in [7, 11) is 0. The number of aromatic amines is 1. The molecule has 1 atom stereocenters. The van der Waals surface area contributed by atoms with E-state index in [1.165, 1.54) is 12.1 Å². The number of rotatable bonds is 4. The van der Waals surface area contributed by atoms with Crippen molar-refractivity contribution in [2.75, 3.05) is 0 Å². The fourth-order valence-electron chi connectivity index (χ4n) is 4.37. The van der Waals surface area contributed by atoms with E-state index >= 15 is 0 Å². The van der Waals surface area contributed by atoms with Crippen LogP contribution in [-0.2, 0) is 11.3 Å². The molecule has 3 aromatic carbocycles. The first-order valence-corrected chi connectivity index (χ1v) is 9.90. The molecule has 0 spiro atoms. The molecule has 5 rings (SSSR count). The van der Waals surface area contributed by atoms with Crippen LogP contribution in [0.4, 0.5) is 4.39 Å². The van der Waals surface area contributed by atoms with E-state index in [0.717, 1.165) is 39.7 Å². The van der Waals surface area contributed by atoms with Gasteiger partial charge in [-0.2, -0.15) is 0 Å². The maximum absolute atomic E-state index is 13.5. The van der Waals surface area contributed by atoms with Crippen molar-refractivity contribution in [1.29, 1.82) is 0 Å². The van der Waals surface area contributed by atoms with Crippen LogP contribution in [0.3, 0.4) is 0 Å². The molecule has 1 N–H and O–H groups in total. The van der Waals surface area contributed by atoms with Crippen molar-refractivity contribution in [2.45, 2.75) is 25.4 Å². The van der Waals surface area contributed by atoms with E-state index in [1.807, 2.05) is 41.3 Å². The predicted molar refractivity (Wildman–Crippen MR) is 113 cm³/mol. The summed E-state index contributed by atoms with van der Waals surface area (Å²) in [6.45, 7) is 0.590. The van der Waals surface area contributed by atoms with E-state index in [1.54, 1.807) is 12.1 Å². The summed E-state index contributed by atoms with van der Waals surface area (Å²) in [4.78, 5) is 18.3. The number of H-pyrrole nitrogens is 1. The molecule has 0 saturated carbocycles. The van der Waals surface area contributed by atoms with Crippen LogP contribution in [0, 0.1) is 5.82 Å². The van der Waals surface area contributed by atoms with Gasteiger partial charge in [-0.05, 0) is 47.9 Å². The minimum atomic E-state index is -0.256. The highest BCUT2D eigenvalue weighted by Crippen LogP contribution is 2.43. The number of para-hydroxylation sites is 1. The Morgan fingerprint density at radius 1 is 0.931 bits per heavy atom. The zero-order valence-electron chi connectivity index (χ0n) is 15.9. The van der Waals surface area contributed by atoms with Gasteiger partial charge in [-0.15, -0.1) is 0 Å². The van der Waals surface area contributed by atoms with Crippen LogP contribution < -0.4 is 0 Å². The number of nitrogens with zero attached hydrogens (tertiary/aromatic N) is 1. The highest BCUT2D eigenvalue weighted by molar-refractivity contribution is 5.92. The number of likely N-dealkylation sites (tertiary alicyclic amines) is 1. The van der Waals surface area contributed by atoms with E-state index in [2.05, 4.69) is 23.2 Å². The van der Waals surface area contributed by atoms with Gasteiger partial charge in [-0.3, -0.25) is 4.79 Å². The summed E-state index contributed by atoms with van der Waals surface area (Å²) in [5.74, 6) is -0.0812. The molecule has 2 heterocycles. The van der Waals surface area contributed by atoms with Crippen LogP contribution in [-0.4, -0.2) is 15.8 Å². The molecule has 1 saturated heterocycles. The third-order valence-electron chi connectivity index (χ3n) is 5.74. The second-order valence-electron chi connectivity index (χ2n) is 7.53.